The second-order valence-electron chi connectivity index (χ2n) is 6.57. The third-order valence-electron chi connectivity index (χ3n) is 4.51. The first-order valence-corrected chi connectivity index (χ1v) is 10.2. The number of fused-ring (bicyclic) bond motifs is 1. The Bertz CT molecular complexity index is 1250. The topological polar surface area (TPSA) is 77.5 Å². The van der Waals surface area contributed by atoms with Crippen LogP contribution in [0, 0.1) is 5.82 Å². The van der Waals surface area contributed by atoms with Gasteiger partial charge in [-0.2, -0.15) is 0 Å². The summed E-state index contributed by atoms with van der Waals surface area (Å²) in [6, 6.07) is 16.9. The Morgan fingerprint density at radius 3 is 2.48 bits per heavy atom. The number of aromatic nitrogens is 1. The number of nitrogens with one attached hydrogen (secondary N) is 1. The van der Waals surface area contributed by atoms with E-state index < -0.39 is 18.5 Å². The van der Waals surface area contributed by atoms with Crippen LogP contribution in [0.4, 0.5) is 9.52 Å². The molecular weight excluding hydrogens is 419 g/mol. The molecule has 1 aromatic heterocycles. The molecule has 0 saturated carbocycles. The first-order valence-electron chi connectivity index (χ1n) is 9.29. The van der Waals surface area contributed by atoms with Crippen LogP contribution in [0.1, 0.15) is 10.4 Å². The van der Waals surface area contributed by atoms with Crippen molar-refractivity contribution in [1.82, 2.24) is 4.98 Å². The average molecular weight is 436 g/mol. The number of halogens is 1. The predicted octanol–water partition coefficient (Wildman–Crippen LogP) is 4.91. The molecule has 0 spiro atoms. The van der Waals surface area contributed by atoms with Crippen molar-refractivity contribution in [3.8, 4) is 17.0 Å². The van der Waals surface area contributed by atoms with Crippen molar-refractivity contribution in [3.63, 3.8) is 0 Å². The standard InChI is InChI=1S/C23H17FN2O4S/c1-29-20-11-16-5-3-2-4-15(16)10-18(20)22(28)30-12-21(27)26-23-25-19(13-31-23)14-6-8-17(24)9-7-14/h2-11,13H,12H2,1H3,(H,25,26,27). The fourth-order valence-corrected chi connectivity index (χ4v) is 3.73. The van der Waals surface area contributed by atoms with Gasteiger partial charge >= 0.3 is 5.97 Å². The van der Waals surface area contributed by atoms with Crippen LogP contribution in [-0.2, 0) is 9.53 Å². The van der Waals surface area contributed by atoms with E-state index in [0.717, 1.165) is 16.3 Å². The lowest BCUT2D eigenvalue weighted by Gasteiger charge is -2.10. The lowest BCUT2D eigenvalue weighted by atomic mass is 10.1. The molecule has 156 valence electrons. The summed E-state index contributed by atoms with van der Waals surface area (Å²) in [6.07, 6.45) is 0. The molecule has 8 heteroatoms. The normalized spacial score (nSPS) is 10.6. The van der Waals surface area contributed by atoms with Gasteiger partial charge in [0.05, 0.1) is 12.8 Å². The van der Waals surface area contributed by atoms with Gasteiger partial charge in [0.25, 0.3) is 5.91 Å². The lowest BCUT2D eigenvalue weighted by Crippen LogP contribution is -2.21. The van der Waals surface area contributed by atoms with Gasteiger partial charge < -0.3 is 9.47 Å². The summed E-state index contributed by atoms with van der Waals surface area (Å²) in [5, 5.41) is 6.47. The summed E-state index contributed by atoms with van der Waals surface area (Å²) < 4.78 is 23.5. The molecule has 0 aliphatic carbocycles. The maximum Gasteiger partial charge on any atom is 0.342 e. The van der Waals surface area contributed by atoms with E-state index in [0.29, 0.717) is 16.6 Å². The molecule has 4 aromatic rings. The van der Waals surface area contributed by atoms with Crippen molar-refractivity contribution in [2.45, 2.75) is 0 Å². The number of hydrogen-bond acceptors (Lipinski definition) is 6. The van der Waals surface area contributed by atoms with E-state index >= 15 is 0 Å². The van der Waals surface area contributed by atoms with Gasteiger partial charge in [0.2, 0.25) is 0 Å². The molecule has 0 aliphatic rings. The van der Waals surface area contributed by atoms with Crippen LogP contribution in [0.3, 0.4) is 0 Å². The smallest absolute Gasteiger partial charge is 0.342 e. The number of carbonyl (C=O) groups excluding carboxylic acids is 2. The quantitative estimate of drug-likeness (QED) is 0.435. The van der Waals surface area contributed by atoms with Gasteiger partial charge in [0.1, 0.15) is 17.1 Å². The minimum Gasteiger partial charge on any atom is -0.496 e. The van der Waals surface area contributed by atoms with Gasteiger partial charge in [0.15, 0.2) is 11.7 Å². The molecule has 0 saturated heterocycles. The second kappa shape index (κ2) is 8.93. The number of benzene rings is 3. The molecule has 0 fully saturated rings. The molecule has 4 rings (SSSR count). The highest BCUT2D eigenvalue weighted by atomic mass is 32.1. The minimum absolute atomic E-state index is 0.238. The number of anilines is 1. The van der Waals surface area contributed by atoms with Gasteiger partial charge in [-0.05, 0) is 47.2 Å². The first kappa shape index (κ1) is 20.5. The van der Waals surface area contributed by atoms with Crippen LogP contribution in [0.5, 0.6) is 5.75 Å². The summed E-state index contributed by atoms with van der Waals surface area (Å²) in [7, 11) is 1.47. The Balaban J connectivity index is 1.39. The molecule has 0 atom stereocenters. The van der Waals surface area contributed by atoms with Crippen LogP contribution in [0.25, 0.3) is 22.0 Å². The summed E-state index contributed by atoms with van der Waals surface area (Å²) in [4.78, 5) is 29.0. The summed E-state index contributed by atoms with van der Waals surface area (Å²) in [6.45, 7) is -0.472. The summed E-state index contributed by atoms with van der Waals surface area (Å²) >= 11 is 1.22. The number of carbonyl (C=O) groups is 2. The van der Waals surface area contributed by atoms with Crippen LogP contribution >= 0.6 is 11.3 Å². The molecule has 3 aromatic carbocycles. The van der Waals surface area contributed by atoms with E-state index in [1.807, 2.05) is 24.3 Å². The Hall–Kier alpha value is -3.78. The number of hydrogen-bond donors (Lipinski definition) is 1. The highest BCUT2D eigenvalue weighted by molar-refractivity contribution is 7.14. The fourth-order valence-electron chi connectivity index (χ4n) is 3.00. The summed E-state index contributed by atoms with van der Waals surface area (Å²) in [5.41, 5.74) is 1.58. The Morgan fingerprint density at radius 2 is 1.77 bits per heavy atom. The van der Waals surface area contributed by atoms with Crippen molar-refractivity contribution in [3.05, 3.63) is 77.4 Å². The average Bonchev–Trinajstić information content (AvgIpc) is 3.25. The number of rotatable bonds is 6. The zero-order valence-corrected chi connectivity index (χ0v) is 17.2. The minimum atomic E-state index is -0.663. The zero-order valence-electron chi connectivity index (χ0n) is 16.4. The van der Waals surface area contributed by atoms with E-state index in [1.165, 1.54) is 30.6 Å². The van der Waals surface area contributed by atoms with Gasteiger partial charge in [0, 0.05) is 10.9 Å². The van der Waals surface area contributed by atoms with Gasteiger partial charge in [-0.1, -0.05) is 24.3 Å². The third-order valence-corrected chi connectivity index (χ3v) is 5.27. The van der Waals surface area contributed by atoms with Crippen molar-refractivity contribution in [1.29, 1.82) is 0 Å². The van der Waals surface area contributed by atoms with Gasteiger partial charge in [-0.15, -0.1) is 11.3 Å². The number of methoxy groups -OCH3 is 1. The Labute approximate surface area is 181 Å². The molecule has 1 N–H and O–H groups in total. The molecule has 0 unspecified atom stereocenters. The maximum absolute atomic E-state index is 13.1. The van der Waals surface area contributed by atoms with Crippen LogP contribution in [-0.4, -0.2) is 30.6 Å². The van der Waals surface area contributed by atoms with E-state index in [-0.39, 0.29) is 11.4 Å². The van der Waals surface area contributed by atoms with Crippen LogP contribution in [0.2, 0.25) is 0 Å². The van der Waals surface area contributed by atoms with Gasteiger partial charge in [-0.25, -0.2) is 14.2 Å². The number of esters is 1. The number of amides is 1. The maximum atomic E-state index is 13.1. The largest absolute Gasteiger partial charge is 0.496 e. The van der Waals surface area contributed by atoms with E-state index in [4.69, 9.17) is 9.47 Å². The van der Waals surface area contributed by atoms with Crippen molar-refractivity contribution in [2.75, 3.05) is 19.0 Å². The molecule has 1 amide bonds. The van der Waals surface area contributed by atoms with Crippen LogP contribution < -0.4 is 10.1 Å². The monoisotopic (exact) mass is 436 g/mol. The zero-order chi connectivity index (χ0) is 21.8. The van der Waals surface area contributed by atoms with Crippen molar-refractivity contribution in [2.24, 2.45) is 0 Å². The van der Waals surface area contributed by atoms with E-state index in [2.05, 4.69) is 10.3 Å². The number of thiazole rings is 1. The molecule has 1 heterocycles. The number of nitrogens with zero attached hydrogens (tertiary/aromatic N) is 1. The summed E-state index contributed by atoms with van der Waals surface area (Å²) in [5.74, 6) is -1.15. The highest BCUT2D eigenvalue weighted by Gasteiger charge is 2.17. The molecular formula is C23H17FN2O4S. The van der Waals surface area contributed by atoms with Gasteiger partial charge in [-0.3, -0.25) is 10.1 Å². The van der Waals surface area contributed by atoms with E-state index in [1.54, 1.807) is 29.6 Å². The Morgan fingerprint density at radius 1 is 1.06 bits per heavy atom. The first-order chi connectivity index (χ1) is 15.0. The number of ether oxygens (including phenoxy) is 2. The predicted molar refractivity (Wildman–Crippen MR) is 117 cm³/mol. The second-order valence-corrected chi connectivity index (χ2v) is 7.43. The van der Waals surface area contributed by atoms with Crippen LogP contribution in [0.15, 0.2) is 66.0 Å². The fraction of sp³-hybridized carbons (Fsp3) is 0.0870. The molecule has 0 bridgehead atoms. The molecule has 0 radical (unpaired) electrons. The van der Waals surface area contributed by atoms with Crippen molar-refractivity contribution < 1.29 is 23.5 Å². The molecule has 0 aliphatic heterocycles. The Kier molecular flexibility index (Phi) is 5.90. The molecule has 6 nitrogen and oxygen atoms in total. The third kappa shape index (κ3) is 4.70. The lowest BCUT2D eigenvalue weighted by molar-refractivity contribution is -0.119. The highest BCUT2D eigenvalue weighted by Crippen LogP contribution is 2.27. The molecule has 31 heavy (non-hydrogen) atoms. The van der Waals surface area contributed by atoms with E-state index in [9.17, 15) is 14.0 Å². The SMILES string of the molecule is COc1cc2ccccc2cc1C(=O)OCC(=O)Nc1nc(-c2ccc(F)cc2)cs1. The van der Waals surface area contributed by atoms with Crippen molar-refractivity contribution >= 4 is 39.1 Å².